The molecule has 0 aliphatic rings. The molecule has 0 aliphatic carbocycles. The highest BCUT2D eigenvalue weighted by atomic mass is 32.1. The summed E-state index contributed by atoms with van der Waals surface area (Å²) >= 11 is 1.42. The lowest BCUT2D eigenvalue weighted by atomic mass is 10.2. The number of aromatic nitrogens is 2. The summed E-state index contributed by atoms with van der Waals surface area (Å²) in [6.45, 7) is 3.59. The van der Waals surface area contributed by atoms with E-state index in [0.717, 1.165) is 10.4 Å². The highest BCUT2D eigenvalue weighted by molar-refractivity contribution is 7.14. The van der Waals surface area contributed by atoms with E-state index in [1.54, 1.807) is 13.0 Å². The summed E-state index contributed by atoms with van der Waals surface area (Å²) < 4.78 is 10.9. The maximum Gasteiger partial charge on any atom is 0.307 e. The number of benzene rings is 1. The molecule has 0 fully saturated rings. The molecule has 2 aromatic heterocycles. The molecule has 0 spiro atoms. The Hall–Kier alpha value is -2.80. The van der Waals surface area contributed by atoms with Crippen molar-refractivity contribution in [3.63, 3.8) is 0 Å². The van der Waals surface area contributed by atoms with Crippen molar-refractivity contribution in [3.05, 3.63) is 58.1 Å². The van der Waals surface area contributed by atoms with Gasteiger partial charge >= 0.3 is 5.97 Å². The van der Waals surface area contributed by atoms with Gasteiger partial charge in [-0.3, -0.25) is 9.59 Å². The Morgan fingerprint density at radius 3 is 2.58 bits per heavy atom. The summed E-state index contributed by atoms with van der Waals surface area (Å²) in [6.07, 6.45) is -0.545. The molecule has 0 radical (unpaired) electrons. The van der Waals surface area contributed by atoms with Crippen molar-refractivity contribution in [1.82, 2.24) is 10.2 Å². The standard InChI is InChI=1S/C19H18N2O4S/c1-12-8-10-16(26-12)15(22)9-11-17(23)24-13(2)18-20-21-19(25-18)14-6-4-3-5-7-14/h3-8,10,13H,9,11H2,1-2H3/t13-/m1/s1. The molecule has 134 valence electrons. The van der Waals surface area contributed by atoms with Crippen LogP contribution in [0.4, 0.5) is 0 Å². The molecule has 0 saturated carbocycles. The quantitative estimate of drug-likeness (QED) is 0.453. The van der Waals surface area contributed by atoms with Crippen LogP contribution in [0.3, 0.4) is 0 Å². The molecule has 2 heterocycles. The Kier molecular flexibility index (Phi) is 5.58. The average Bonchev–Trinajstić information content (AvgIpc) is 3.30. The number of hydrogen-bond acceptors (Lipinski definition) is 7. The minimum Gasteiger partial charge on any atom is -0.453 e. The fraction of sp³-hybridized carbons (Fsp3) is 0.263. The number of esters is 1. The highest BCUT2D eigenvalue weighted by Gasteiger charge is 2.20. The fourth-order valence-electron chi connectivity index (χ4n) is 2.33. The van der Waals surface area contributed by atoms with Crippen molar-refractivity contribution in [1.29, 1.82) is 0 Å². The third-order valence-electron chi connectivity index (χ3n) is 3.69. The van der Waals surface area contributed by atoms with Crippen LogP contribution in [0, 0.1) is 6.92 Å². The third-order valence-corrected chi connectivity index (χ3v) is 4.73. The van der Waals surface area contributed by atoms with Gasteiger partial charge in [-0.2, -0.15) is 0 Å². The predicted molar refractivity (Wildman–Crippen MR) is 96.9 cm³/mol. The zero-order chi connectivity index (χ0) is 18.5. The van der Waals surface area contributed by atoms with E-state index in [-0.39, 0.29) is 24.5 Å². The van der Waals surface area contributed by atoms with Gasteiger partial charge in [-0.05, 0) is 38.1 Å². The molecule has 1 aromatic carbocycles. The number of ether oxygens (including phenoxy) is 1. The molecule has 0 amide bonds. The number of ketones is 1. The maximum absolute atomic E-state index is 12.0. The monoisotopic (exact) mass is 370 g/mol. The first-order chi connectivity index (χ1) is 12.5. The summed E-state index contributed by atoms with van der Waals surface area (Å²) in [5, 5.41) is 7.90. The fourth-order valence-corrected chi connectivity index (χ4v) is 3.16. The van der Waals surface area contributed by atoms with Gasteiger partial charge in [0, 0.05) is 16.9 Å². The van der Waals surface area contributed by atoms with Gasteiger partial charge in [0.1, 0.15) is 0 Å². The molecule has 0 N–H and O–H groups in total. The molecule has 0 saturated heterocycles. The van der Waals surface area contributed by atoms with Gasteiger partial charge in [0.05, 0.1) is 11.3 Å². The average molecular weight is 370 g/mol. The lowest BCUT2D eigenvalue weighted by Gasteiger charge is -2.08. The van der Waals surface area contributed by atoms with Gasteiger partial charge in [0.25, 0.3) is 5.89 Å². The number of aryl methyl sites for hydroxylation is 1. The van der Waals surface area contributed by atoms with E-state index >= 15 is 0 Å². The van der Waals surface area contributed by atoms with Crippen LogP contribution in [0.2, 0.25) is 0 Å². The van der Waals surface area contributed by atoms with E-state index in [9.17, 15) is 9.59 Å². The van der Waals surface area contributed by atoms with E-state index in [4.69, 9.17) is 9.15 Å². The number of thiophene rings is 1. The molecule has 3 aromatic rings. The molecular weight excluding hydrogens is 352 g/mol. The van der Waals surface area contributed by atoms with Crippen LogP contribution in [-0.2, 0) is 9.53 Å². The lowest BCUT2D eigenvalue weighted by Crippen LogP contribution is -2.11. The first-order valence-corrected chi connectivity index (χ1v) is 9.02. The van der Waals surface area contributed by atoms with Gasteiger partial charge < -0.3 is 9.15 Å². The van der Waals surface area contributed by atoms with Crippen molar-refractivity contribution < 1.29 is 18.7 Å². The van der Waals surface area contributed by atoms with E-state index in [1.165, 1.54) is 11.3 Å². The smallest absolute Gasteiger partial charge is 0.307 e. The minimum absolute atomic E-state index is 0.0137. The number of hydrogen-bond donors (Lipinski definition) is 0. The van der Waals surface area contributed by atoms with Gasteiger partial charge in [-0.1, -0.05) is 18.2 Å². The molecule has 1 atom stereocenters. The van der Waals surface area contributed by atoms with Gasteiger partial charge in [0.2, 0.25) is 5.89 Å². The van der Waals surface area contributed by atoms with Crippen LogP contribution in [0.25, 0.3) is 11.5 Å². The summed E-state index contributed by atoms with van der Waals surface area (Å²) in [6, 6.07) is 13.0. The van der Waals surface area contributed by atoms with E-state index in [1.807, 2.05) is 43.3 Å². The Balaban J connectivity index is 1.53. The summed E-state index contributed by atoms with van der Waals surface area (Å²) in [5.41, 5.74) is 0.793. The maximum atomic E-state index is 12.0. The third kappa shape index (κ3) is 4.43. The van der Waals surface area contributed by atoms with Crippen LogP contribution in [0.1, 0.15) is 46.3 Å². The lowest BCUT2D eigenvalue weighted by molar-refractivity contribution is -0.149. The van der Waals surface area contributed by atoms with Crippen molar-refractivity contribution >= 4 is 23.1 Å². The second kappa shape index (κ2) is 8.05. The minimum atomic E-state index is -0.674. The molecule has 0 aliphatic heterocycles. The Morgan fingerprint density at radius 2 is 1.88 bits per heavy atom. The van der Waals surface area contributed by atoms with Crippen molar-refractivity contribution in [2.24, 2.45) is 0 Å². The van der Waals surface area contributed by atoms with Crippen LogP contribution < -0.4 is 0 Å². The second-order valence-corrected chi connectivity index (χ2v) is 7.06. The van der Waals surface area contributed by atoms with Crippen LogP contribution in [-0.4, -0.2) is 21.9 Å². The zero-order valence-corrected chi connectivity index (χ0v) is 15.3. The molecular formula is C19H18N2O4S. The first kappa shape index (κ1) is 18.0. The molecule has 0 bridgehead atoms. The Bertz CT molecular complexity index is 901. The largest absolute Gasteiger partial charge is 0.453 e. The zero-order valence-electron chi connectivity index (χ0n) is 14.5. The SMILES string of the molecule is Cc1ccc(C(=O)CCC(=O)O[C@H](C)c2nnc(-c3ccccc3)o2)s1. The van der Waals surface area contributed by atoms with Crippen LogP contribution >= 0.6 is 11.3 Å². The number of carbonyl (C=O) groups is 2. The van der Waals surface area contributed by atoms with Crippen LogP contribution in [0.5, 0.6) is 0 Å². The number of Topliss-reactive ketones (excluding diaryl/α,β-unsaturated/α-hetero) is 1. The second-order valence-electron chi connectivity index (χ2n) is 5.78. The molecule has 6 nitrogen and oxygen atoms in total. The van der Waals surface area contributed by atoms with E-state index in [2.05, 4.69) is 10.2 Å². The summed E-state index contributed by atoms with van der Waals surface area (Å²) in [5.74, 6) is 0.0552. The van der Waals surface area contributed by atoms with Gasteiger partial charge in [0.15, 0.2) is 11.9 Å². The van der Waals surface area contributed by atoms with Gasteiger partial charge in [-0.25, -0.2) is 0 Å². The normalized spacial score (nSPS) is 11.9. The van der Waals surface area contributed by atoms with E-state index < -0.39 is 12.1 Å². The molecule has 7 heteroatoms. The highest BCUT2D eigenvalue weighted by Crippen LogP contribution is 2.23. The van der Waals surface area contributed by atoms with Crippen LogP contribution in [0.15, 0.2) is 46.9 Å². The molecule has 3 rings (SSSR count). The van der Waals surface area contributed by atoms with Crippen molar-refractivity contribution in [2.75, 3.05) is 0 Å². The topological polar surface area (TPSA) is 82.3 Å². The van der Waals surface area contributed by atoms with Crippen molar-refractivity contribution in [3.8, 4) is 11.5 Å². The van der Waals surface area contributed by atoms with E-state index in [0.29, 0.717) is 10.8 Å². The van der Waals surface area contributed by atoms with Crippen molar-refractivity contribution in [2.45, 2.75) is 32.8 Å². The molecule has 0 unspecified atom stereocenters. The number of nitrogens with zero attached hydrogens (tertiary/aromatic N) is 2. The molecule has 26 heavy (non-hydrogen) atoms. The predicted octanol–water partition coefficient (Wildman–Crippen LogP) is 4.37. The number of carbonyl (C=O) groups excluding carboxylic acids is 2. The number of rotatable bonds is 7. The summed E-state index contributed by atoms with van der Waals surface area (Å²) in [7, 11) is 0. The Labute approximate surface area is 154 Å². The summed E-state index contributed by atoms with van der Waals surface area (Å²) in [4.78, 5) is 25.7. The Morgan fingerprint density at radius 1 is 1.12 bits per heavy atom. The van der Waals surface area contributed by atoms with Gasteiger partial charge in [-0.15, -0.1) is 21.5 Å². The first-order valence-electron chi connectivity index (χ1n) is 8.21.